The Hall–Kier alpha value is -13.5. The van der Waals surface area contributed by atoms with Crippen molar-refractivity contribution in [1.29, 1.82) is 0 Å². The number of carboxylic acid groups (broad SMARTS) is 1. The molecule has 0 bridgehead atoms. The summed E-state index contributed by atoms with van der Waals surface area (Å²) in [6.07, 6.45) is 2.84. The normalized spacial score (nSPS) is 17.9. The minimum Gasteiger partial charge on any atom is -0.508 e. The standard InChI is InChI=1S/C96H120N16O19S/c1-8-9-31-79(94(130)112-43-22-32-77(112)88(124)101-65(54-113)50-83(118)119)109(6)95(131)96(51-69(96)63-27-17-12-18-28-63)110(7)92(128)74(46-59-23-13-10-14-24-59)102-82(117)56-132-55-76(84(120)100-53-81(98)116)107-85(121)71(44-57(2)3)103-86(122)72(45-61-34-38-66(114)39-35-61)104-87(123)73(49-64-52-99-70-30-20-19-29-68(64)70)105-89(125)78-33-21-42-111(78)93(129)75(47-62-36-40-67(115)41-37-62)106-90(126)80(108(5)91(127)58(4)97)48-60-25-15-11-16-26-60/h10-20,23-30,34-41,52,54,57-58,65,69,71-80,99,114-115H,8-9,21-22,31-33,42-51,53,55-56,97H2,1-7H3,(H2,98,116)(H,100,120)(H,101,124)(H,102,117)(H,103,122)(H,104,123)(H,105,125)(H,106,126)(H,107,121)(H,118,119)/t58-,65-,69?,71-,72-,73-,74-,75-,76-,77+,78+,79-,80?,96?/m0/s1. The van der Waals surface area contributed by atoms with E-state index >= 15 is 33.6 Å². The largest absolute Gasteiger partial charge is 0.508 e. The van der Waals surface area contributed by atoms with Crippen LogP contribution in [0.25, 0.3) is 10.9 Å². The number of benzene rings is 6. The van der Waals surface area contributed by atoms with Crippen molar-refractivity contribution < 1.29 is 92.0 Å². The molecule has 6 aromatic carbocycles. The van der Waals surface area contributed by atoms with E-state index in [0.717, 1.165) is 11.8 Å². The summed E-state index contributed by atoms with van der Waals surface area (Å²) in [5.74, 6) is -14.0. The second kappa shape index (κ2) is 47.4. The van der Waals surface area contributed by atoms with Gasteiger partial charge in [-0.3, -0.25) is 71.9 Å². The number of hydrogen-bond donors (Lipinski definition) is 14. The van der Waals surface area contributed by atoms with E-state index in [1.807, 2.05) is 31.2 Å². The minimum absolute atomic E-state index is 0.0310. The van der Waals surface area contributed by atoms with Crippen molar-refractivity contribution in [2.45, 2.75) is 208 Å². The highest BCUT2D eigenvalue weighted by atomic mass is 32.2. The number of carbonyl (C=O) groups is 16. The van der Waals surface area contributed by atoms with Crippen LogP contribution in [0.3, 0.4) is 0 Å². The Morgan fingerprint density at radius 2 is 1.06 bits per heavy atom. The third-order valence-electron chi connectivity index (χ3n) is 24.3. The highest BCUT2D eigenvalue weighted by Gasteiger charge is 2.67. The van der Waals surface area contributed by atoms with Gasteiger partial charge in [-0.2, -0.15) is 0 Å². The lowest BCUT2D eigenvalue weighted by atomic mass is 9.99. The fourth-order valence-electron chi connectivity index (χ4n) is 17.1. The Bertz CT molecular complexity index is 5240. The number of carbonyl (C=O) groups excluding carboxylic acids is 15. The van der Waals surface area contributed by atoms with Gasteiger partial charge in [-0.1, -0.05) is 167 Å². The number of phenols is 2. The number of primary amides is 1. The molecule has 0 radical (unpaired) electrons. The summed E-state index contributed by atoms with van der Waals surface area (Å²) in [6, 6.07) is 29.7. The third kappa shape index (κ3) is 26.9. The number of aromatic nitrogens is 1. The number of H-pyrrole nitrogens is 1. The summed E-state index contributed by atoms with van der Waals surface area (Å²) < 4.78 is 0. The van der Waals surface area contributed by atoms with Gasteiger partial charge >= 0.3 is 5.97 Å². The molecule has 1 saturated carbocycles. The number of unbranched alkanes of at least 4 members (excludes halogenated alkanes) is 1. The molecule has 7 aromatic rings. The predicted octanol–water partition coefficient (Wildman–Crippen LogP) is 3.10. The van der Waals surface area contributed by atoms with Crippen LogP contribution < -0.4 is 54.0 Å². The van der Waals surface area contributed by atoms with Gasteiger partial charge in [0.2, 0.25) is 82.7 Å². The maximum atomic E-state index is 15.7. The zero-order chi connectivity index (χ0) is 95.6. The molecule has 0 spiro atoms. The third-order valence-corrected chi connectivity index (χ3v) is 25.3. The lowest BCUT2D eigenvalue weighted by Crippen LogP contribution is -2.61. The molecule has 10 rings (SSSR count). The number of nitrogens with one attached hydrogen (secondary N) is 9. The summed E-state index contributed by atoms with van der Waals surface area (Å²) in [7, 11) is 4.36. The molecule has 132 heavy (non-hydrogen) atoms. The molecule has 16 N–H and O–H groups in total. The number of aromatic amines is 1. The van der Waals surface area contributed by atoms with Crippen LogP contribution in [0.1, 0.15) is 131 Å². The van der Waals surface area contributed by atoms with Gasteiger partial charge in [0.25, 0.3) is 0 Å². The Balaban J connectivity index is 0.876. The van der Waals surface area contributed by atoms with Crippen LogP contribution in [0.15, 0.2) is 170 Å². The predicted molar refractivity (Wildman–Crippen MR) is 492 cm³/mol. The second-order valence-electron chi connectivity index (χ2n) is 34.5. The number of fused-ring (bicyclic) bond motifs is 1. The number of nitrogens with zero attached hydrogens (tertiary/aromatic N) is 5. The number of hydrogen-bond acceptors (Lipinski definition) is 20. The SMILES string of the molecule is CCCC[C@@H](C(=O)N1CCC[C@@H]1C(=O)N[C@H](C=O)CC(=O)O)N(C)C(=O)C1(N(C)C(=O)[C@H](Cc2ccccc2)NC(=O)CSC[C@H](NC(=O)[C@H](CC(C)C)NC(=O)[C@H](Cc2ccc(O)cc2)NC(=O)[C@H](Cc2c[nH]c3ccccc23)NC(=O)[C@H]2CCCN2C(=O)[C@H](Cc2ccc(O)cc2)NC(=O)C(Cc2ccccc2)N(C)C(=O)[C@H](C)N)C(=O)NCC(N)=O)CC1c1ccccc1. The number of amides is 14. The first-order valence-electron chi connectivity index (χ1n) is 44.4. The van der Waals surface area contributed by atoms with E-state index in [1.165, 1.54) is 89.0 Å². The van der Waals surface area contributed by atoms with E-state index in [0.29, 0.717) is 76.3 Å². The summed E-state index contributed by atoms with van der Waals surface area (Å²) in [5, 5.41) is 52.6. The molecule has 36 heteroatoms. The van der Waals surface area contributed by atoms with Gasteiger partial charge in [-0.15, -0.1) is 11.8 Å². The number of likely N-dealkylation sites (tertiary alicyclic amines) is 2. The fourth-order valence-corrected chi connectivity index (χ4v) is 18.0. The monoisotopic (exact) mass is 1830 g/mol. The summed E-state index contributed by atoms with van der Waals surface area (Å²) >= 11 is 0.846. The number of phenolic OH excluding ortho intramolecular Hbond substituents is 2. The lowest BCUT2D eigenvalue weighted by molar-refractivity contribution is -0.154. The summed E-state index contributed by atoms with van der Waals surface area (Å²) in [6.45, 7) is 6.37. The molecule has 704 valence electrons. The fraction of sp³-hybridized carbons (Fsp3) is 0.438. The topological polar surface area (TPSA) is 514 Å². The first-order valence-corrected chi connectivity index (χ1v) is 45.6. The molecule has 3 unspecified atom stereocenters. The first-order chi connectivity index (χ1) is 63.1. The minimum atomic E-state index is -1.65. The van der Waals surface area contributed by atoms with Crippen LogP contribution in [0, 0.1) is 5.92 Å². The van der Waals surface area contributed by atoms with E-state index in [-0.39, 0.29) is 100 Å². The number of thioether (sulfide) groups is 1. The van der Waals surface area contributed by atoms with E-state index in [1.54, 1.807) is 123 Å². The Morgan fingerprint density at radius 3 is 1.63 bits per heavy atom. The molecule has 1 aliphatic carbocycles. The highest BCUT2D eigenvalue weighted by molar-refractivity contribution is 8.00. The number of likely N-dealkylation sites (N-methyl/N-ethyl adjacent to an activating group) is 3. The van der Waals surface area contributed by atoms with Crippen molar-refractivity contribution >= 4 is 118 Å². The van der Waals surface area contributed by atoms with Crippen LogP contribution >= 0.6 is 11.8 Å². The highest BCUT2D eigenvalue weighted by Crippen LogP contribution is 2.56. The molecular formula is C96H120N16O19S. The molecule has 1 aromatic heterocycles. The van der Waals surface area contributed by atoms with Gasteiger partial charge in [-0.25, -0.2) is 0 Å². The number of aliphatic carboxylic acids is 1. The Labute approximate surface area is 770 Å². The van der Waals surface area contributed by atoms with Crippen molar-refractivity contribution in [3.05, 3.63) is 203 Å². The van der Waals surface area contributed by atoms with Crippen LogP contribution in [0.5, 0.6) is 11.5 Å². The maximum Gasteiger partial charge on any atom is 0.305 e. The van der Waals surface area contributed by atoms with Gasteiger partial charge in [0, 0.05) is 95.1 Å². The molecule has 3 heterocycles. The van der Waals surface area contributed by atoms with E-state index in [9.17, 15) is 58.5 Å². The van der Waals surface area contributed by atoms with Crippen LogP contribution in [0.4, 0.5) is 0 Å². The number of carboxylic acids is 1. The van der Waals surface area contributed by atoms with Crippen LogP contribution in [0.2, 0.25) is 0 Å². The number of aromatic hydroxyl groups is 2. The van der Waals surface area contributed by atoms with Gasteiger partial charge in [0.1, 0.15) is 83.7 Å². The van der Waals surface area contributed by atoms with Crippen molar-refractivity contribution in [2.75, 3.05) is 52.3 Å². The quantitative estimate of drug-likeness (QED) is 0.0244. The average molecular weight is 1830 g/mol. The summed E-state index contributed by atoms with van der Waals surface area (Å²) in [4.78, 5) is 239. The molecule has 2 aliphatic heterocycles. The smallest absolute Gasteiger partial charge is 0.305 e. The van der Waals surface area contributed by atoms with Gasteiger partial charge < -0.3 is 104 Å². The van der Waals surface area contributed by atoms with E-state index in [4.69, 9.17) is 11.5 Å². The van der Waals surface area contributed by atoms with Gasteiger partial charge in [0.05, 0.1) is 30.8 Å². The lowest BCUT2D eigenvalue weighted by Gasteiger charge is -2.38. The molecule has 14 amide bonds. The average Bonchev–Trinajstić information content (AvgIpc) is 1.54. The molecule has 3 fully saturated rings. The summed E-state index contributed by atoms with van der Waals surface area (Å²) in [5.41, 5.74) is 14.1. The van der Waals surface area contributed by atoms with Crippen LogP contribution in [-0.2, 0) is 109 Å². The zero-order valence-corrected chi connectivity index (χ0v) is 76.0. The molecular weight excluding hydrogens is 1710 g/mol. The van der Waals surface area contributed by atoms with Crippen molar-refractivity contribution in [3.63, 3.8) is 0 Å². The molecule has 3 aliphatic rings. The maximum absolute atomic E-state index is 15.7. The van der Waals surface area contributed by atoms with Gasteiger partial charge in [0.15, 0.2) is 0 Å². The van der Waals surface area contributed by atoms with Crippen molar-refractivity contribution in [2.24, 2.45) is 17.4 Å². The second-order valence-corrected chi connectivity index (χ2v) is 35.5. The van der Waals surface area contributed by atoms with E-state index < -0.39 is 191 Å². The van der Waals surface area contributed by atoms with Crippen molar-refractivity contribution in [3.8, 4) is 11.5 Å². The number of para-hydroxylation sites is 1. The van der Waals surface area contributed by atoms with Crippen molar-refractivity contribution in [1.82, 2.24) is 72.0 Å². The molecule has 35 nitrogen and oxygen atoms in total. The Morgan fingerprint density at radius 1 is 0.553 bits per heavy atom. The van der Waals surface area contributed by atoms with E-state index in [2.05, 4.69) is 47.5 Å². The first kappa shape index (κ1) is 101. The number of aldehydes is 1. The van der Waals surface area contributed by atoms with Crippen LogP contribution in [-0.4, -0.2) is 270 Å². The zero-order valence-electron chi connectivity index (χ0n) is 75.1. The molecule has 2 saturated heterocycles. The molecule has 14 atom stereocenters. The number of rotatable bonds is 47. The Kier molecular flexibility index (Phi) is 36.1. The van der Waals surface area contributed by atoms with Gasteiger partial charge in [-0.05, 0) is 121 Å². The number of nitrogens with two attached hydrogens (primary N) is 2.